The van der Waals surface area contributed by atoms with Gasteiger partial charge in [-0.25, -0.2) is 13.4 Å². The number of phenols is 1. The number of sulfone groups is 1. The van der Waals surface area contributed by atoms with E-state index in [0.29, 0.717) is 48.4 Å². The molecule has 2 aliphatic rings. The highest BCUT2D eigenvalue weighted by atomic mass is 32.2. The summed E-state index contributed by atoms with van der Waals surface area (Å²) in [4.78, 5) is 17.2. The minimum absolute atomic E-state index is 0.0326. The van der Waals surface area contributed by atoms with Crippen LogP contribution in [0.1, 0.15) is 43.2 Å². The number of halogens is 1. The molecule has 2 fully saturated rings. The number of aromatic hydroxyl groups is 1. The molecule has 5 rings (SSSR count). The number of phenolic OH excluding ortho intramolecular Hbond substituents is 1. The minimum atomic E-state index is -3.68. The standard InChI is InChI=1S/C22H24FN3O5S2/c23-20-12-24-21(32-20)10-19(28)17(9-13-5-7-31-8-6-13)26-16-3-4-18(27)22(15(16)11-25-26)33(29,30)14-1-2-14/h3-4,11-14,17,27H,1-2,5-10H2. The lowest BCUT2D eigenvalue weighted by atomic mass is 9.90. The Labute approximate surface area is 194 Å². The van der Waals surface area contributed by atoms with Gasteiger partial charge in [0, 0.05) is 18.6 Å². The van der Waals surface area contributed by atoms with Crippen LogP contribution in [0.15, 0.2) is 29.4 Å². The Bertz CT molecular complexity index is 1290. The van der Waals surface area contributed by atoms with E-state index in [2.05, 4.69) is 10.1 Å². The van der Waals surface area contributed by atoms with E-state index in [4.69, 9.17) is 4.74 Å². The fraction of sp³-hybridized carbons (Fsp3) is 0.500. The molecule has 1 N–H and O–H groups in total. The summed E-state index contributed by atoms with van der Waals surface area (Å²) in [5.41, 5.74) is 0.475. The van der Waals surface area contributed by atoms with Crippen LogP contribution in [0.4, 0.5) is 4.39 Å². The van der Waals surface area contributed by atoms with Crippen molar-refractivity contribution < 1.29 is 27.4 Å². The smallest absolute Gasteiger partial charge is 0.196 e. The quantitative estimate of drug-likeness (QED) is 0.512. The number of rotatable bonds is 8. The Morgan fingerprint density at radius 1 is 1.24 bits per heavy atom. The van der Waals surface area contributed by atoms with Crippen molar-refractivity contribution in [3.05, 3.63) is 34.7 Å². The van der Waals surface area contributed by atoms with Gasteiger partial charge < -0.3 is 9.84 Å². The van der Waals surface area contributed by atoms with E-state index in [9.17, 15) is 22.7 Å². The second kappa shape index (κ2) is 8.77. The summed E-state index contributed by atoms with van der Waals surface area (Å²) >= 11 is 0.838. The summed E-state index contributed by atoms with van der Waals surface area (Å²) in [6, 6.07) is 2.28. The number of carbonyl (C=O) groups is 1. The fourth-order valence-electron chi connectivity index (χ4n) is 4.48. The van der Waals surface area contributed by atoms with Gasteiger partial charge >= 0.3 is 0 Å². The molecule has 1 unspecified atom stereocenters. The SMILES string of the molecule is O=C(Cc1ncc(F)s1)C(CC1CCOCC1)n1ncc2c(S(=O)(=O)C3CC3)c(O)ccc21. The third kappa shape index (κ3) is 4.41. The Balaban J connectivity index is 1.55. The lowest BCUT2D eigenvalue weighted by Crippen LogP contribution is -2.27. The first-order valence-corrected chi connectivity index (χ1v) is 13.3. The normalized spacial score (nSPS) is 18.6. The van der Waals surface area contributed by atoms with E-state index in [1.165, 1.54) is 12.3 Å². The van der Waals surface area contributed by atoms with Crippen molar-refractivity contribution in [2.75, 3.05) is 13.2 Å². The van der Waals surface area contributed by atoms with Gasteiger partial charge in [0.05, 0.1) is 29.6 Å². The van der Waals surface area contributed by atoms with E-state index < -0.39 is 26.3 Å². The van der Waals surface area contributed by atoms with E-state index in [-0.39, 0.29) is 28.8 Å². The second-order valence-electron chi connectivity index (χ2n) is 8.69. The van der Waals surface area contributed by atoms with Crippen molar-refractivity contribution in [3.8, 4) is 5.75 Å². The number of aromatic nitrogens is 3. The van der Waals surface area contributed by atoms with Crippen LogP contribution in [-0.4, -0.2) is 52.5 Å². The molecule has 0 spiro atoms. The topological polar surface area (TPSA) is 111 Å². The van der Waals surface area contributed by atoms with Crippen LogP contribution in [0.3, 0.4) is 0 Å². The number of hydrogen-bond donors (Lipinski definition) is 1. The summed E-state index contributed by atoms with van der Waals surface area (Å²) in [6.07, 6.45) is 5.77. The zero-order chi connectivity index (χ0) is 23.2. The Hall–Kier alpha value is -2.37. The monoisotopic (exact) mass is 493 g/mol. The number of carbonyl (C=O) groups excluding carboxylic acids is 1. The zero-order valence-corrected chi connectivity index (χ0v) is 19.4. The molecule has 176 valence electrons. The molecule has 8 nitrogen and oxygen atoms in total. The van der Waals surface area contributed by atoms with Crippen molar-refractivity contribution in [3.63, 3.8) is 0 Å². The van der Waals surface area contributed by atoms with Gasteiger partial charge in [-0.05, 0) is 50.2 Å². The van der Waals surface area contributed by atoms with Crippen molar-refractivity contribution in [2.45, 2.75) is 54.7 Å². The molecule has 33 heavy (non-hydrogen) atoms. The number of nitrogens with zero attached hydrogens (tertiary/aromatic N) is 3. The molecule has 0 radical (unpaired) electrons. The van der Waals surface area contributed by atoms with Gasteiger partial charge in [0.2, 0.25) is 0 Å². The number of ether oxygens (including phenoxy) is 1. The van der Waals surface area contributed by atoms with Crippen molar-refractivity contribution in [1.29, 1.82) is 0 Å². The predicted octanol–water partition coefficient (Wildman–Crippen LogP) is 3.44. The average molecular weight is 494 g/mol. The van der Waals surface area contributed by atoms with Gasteiger partial charge in [0.1, 0.15) is 21.7 Å². The van der Waals surface area contributed by atoms with E-state index in [1.807, 2.05) is 0 Å². The van der Waals surface area contributed by atoms with Crippen molar-refractivity contribution >= 4 is 37.9 Å². The van der Waals surface area contributed by atoms with Crippen LogP contribution < -0.4 is 0 Å². The largest absolute Gasteiger partial charge is 0.507 e. The summed E-state index contributed by atoms with van der Waals surface area (Å²) in [7, 11) is -3.68. The van der Waals surface area contributed by atoms with Crippen molar-refractivity contribution in [1.82, 2.24) is 14.8 Å². The Morgan fingerprint density at radius 3 is 2.67 bits per heavy atom. The van der Waals surface area contributed by atoms with E-state index >= 15 is 0 Å². The number of benzene rings is 1. The molecule has 1 saturated carbocycles. The van der Waals surface area contributed by atoms with Crippen molar-refractivity contribution in [2.24, 2.45) is 5.92 Å². The summed E-state index contributed by atoms with van der Waals surface area (Å²) in [5.74, 6) is -0.230. The molecule has 3 heterocycles. The molecule has 1 saturated heterocycles. The molecule has 0 bridgehead atoms. The van der Waals surface area contributed by atoms with Crippen LogP contribution in [-0.2, 0) is 25.8 Å². The minimum Gasteiger partial charge on any atom is -0.507 e. The molecule has 2 aromatic heterocycles. The van der Waals surface area contributed by atoms with Crippen LogP contribution in [0, 0.1) is 11.0 Å². The predicted molar refractivity (Wildman–Crippen MR) is 120 cm³/mol. The maximum absolute atomic E-state index is 13.4. The van der Waals surface area contributed by atoms with Gasteiger partial charge in [-0.2, -0.15) is 9.49 Å². The molecule has 1 aromatic carbocycles. The Kier molecular flexibility index (Phi) is 5.96. The van der Waals surface area contributed by atoms with E-state index in [1.54, 1.807) is 10.7 Å². The molecule has 1 aliphatic carbocycles. The first-order chi connectivity index (χ1) is 15.8. The molecule has 0 amide bonds. The van der Waals surface area contributed by atoms with Crippen LogP contribution in [0.25, 0.3) is 10.9 Å². The lowest BCUT2D eigenvalue weighted by Gasteiger charge is -2.26. The van der Waals surface area contributed by atoms with Crippen LogP contribution in [0.2, 0.25) is 0 Å². The summed E-state index contributed by atoms with van der Waals surface area (Å²) in [6.45, 7) is 1.25. The van der Waals surface area contributed by atoms with Gasteiger partial charge in [-0.3, -0.25) is 9.48 Å². The molecule has 1 atom stereocenters. The number of thiazole rings is 1. The molecule has 11 heteroatoms. The average Bonchev–Trinajstić information content (AvgIpc) is 3.47. The van der Waals surface area contributed by atoms with E-state index in [0.717, 1.165) is 30.4 Å². The van der Waals surface area contributed by atoms with Gasteiger partial charge in [-0.1, -0.05) is 11.3 Å². The number of hydrogen-bond acceptors (Lipinski definition) is 8. The summed E-state index contributed by atoms with van der Waals surface area (Å²) in [5, 5.41) is 14.6. The maximum Gasteiger partial charge on any atom is 0.196 e. The first kappa shape index (κ1) is 22.4. The molecular weight excluding hydrogens is 469 g/mol. The maximum atomic E-state index is 13.4. The third-order valence-corrected chi connectivity index (χ3v) is 9.51. The summed E-state index contributed by atoms with van der Waals surface area (Å²) < 4.78 is 46.4. The second-order valence-corrected chi connectivity index (χ2v) is 11.9. The number of ketones is 1. The molecule has 3 aromatic rings. The van der Waals surface area contributed by atoms with Crippen LogP contribution in [0.5, 0.6) is 5.75 Å². The number of fused-ring (bicyclic) bond motifs is 1. The molecular formula is C22H24FN3O5S2. The Morgan fingerprint density at radius 2 is 2.00 bits per heavy atom. The van der Waals surface area contributed by atoms with Gasteiger partial charge in [-0.15, -0.1) is 0 Å². The highest BCUT2D eigenvalue weighted by Gasteiger charge is 2.40. The number of Topliss-reactive ketones (excluding diaryl/α,β-unsaturated/α-hetero) is 1. The molecule has 1 aliphatic heterocycles. The highest BCUT2D eigenvalue weighted by molar-refractivity contribution is 7.92. The zero-order valence-electron chi connectivity index (χ0n) is 17.8. The first-order valence-electron chi connectivity index (χ1n) is 11.0. The lowest BCUT2D eigenvalue weighted by molar-refractivity contribution is -0.122. The van der Waals surface area contributed by atoms with Gasteiger partial charge in [0.25, 0.3) is 0 Å². The highest BCUT2D eigenvalue weighted by Crippen LogP contribution is 2.41. The third-order valence-electron chi connectivity index (χ3n) is 6.37. The van der Waals surface area contributed by atoms with Crippen LogP contribution >= 0.6 is 11.3 Å². The fourth-order valence-corrected chi connectivity index (χ4v) is 7.04. The van der Waals surface area contributed by atoms with Gasteiger partial charge in [0.15, 0.2) is 20.8 Å².